The Morgan fingerprint density at radius 1 is 1.00 bits per heavy atom. The molecule has 3 aromatic rings. The lowest BCUT2D eigenvalue weighted by Crippen LogP contribution is -2.08. The highest BCUT2D eigenvalue weighted by molar-refractivity contribution is 14.1. The molecular formula is C18H15IN2O2. The van der Waals surface area contributed by atoms with Crippen LogP contribution < -0.4 is 10.5 Å². The summed E-state index contributed by atoms with van der Waals surface area (Å²) in [5, 5.41) is 0. The van der Waals surface area contributed by atoms with Gasteiger partial charge in [-0.3, -0.25) is 0 Å². The van der Waals surface area contributed by atoms with E-state index in [0.29, 0.717) is 11.6 Å². The lowest BCUT2D eigenvalue weighted by Gasteiger charge is -2.12. The molecule has 0 aliphatic rings. The Balaban J connectivity index is 2.05. The van der Waals surface area contributed by atoms with Gasteiger partial charge in [0.25, 0.3) is 0 Å². The minimum atomic E-state index is -0.402. The number of nitrogens with zero attached hydrogens (tertiary/aromatic N) is 2. The highest BCUT2D eigenvalue weighted by atomic mass is 127. The average molecular weight is 418 g/mol. The molecule has 0 atom stereocenters. The first kappa shape index (κ1) is 15.7. The van der Waals surface area contributed by atoms with Gasteiger partial charge in [-0.1, -0.05) is 18.2 Å². The summed E-state index contributed by atoms with van der Waals surface area (Å²) in [7, 11) is 3.97. The smallest absolute Gasteiger partial charge is 0.339 e. The molecule has 5 heteroatoms. The van der Waals surface area contributed by atoms with E-state index in [0.717, 1.165) is 20.4 Å². The van der Waals surface area contributed by atoms with Crippen LogP contribution in [0.3, 0.4) is 0 Å². The summed E-state index contributed by atoms with van der Waals surface area (Å²) < 4.78 is 6.32. The van der Waals surface area contributed by atoms with Gasteiger partial charge in [-0.15, -0.1) is 0 Å². The van der Waals surface area contributed by atoms with Crippen LogP contribution in [0.25, 0.3) is 22.7 Å². The van der Waals surface area contributed by atoms with E-state index >= 15 is 0 Å². The molecule has 0 saturated carbocycles. The zero-order chi connectivity index (χ0) is 16.4. The van der Waals surface area contributed by atoms with Crippen molar-refractivity contribution in [3.05, 3.63) is 68.6 Å². The van der Waals surface area contributed by atoms with Crippen LogP contribution in [0.5, 0.6) is 0 Å². The topological polar surface area (TPSA) is 46.3 Å². The molecule has 0 spiro atoms. The van der Waals surface area contributed by atoms with Crippen LogP contribution in [0.1, 0.15) is 0 Å². The number of benzene rings is 2. The second-order valence-electron chi connectivity index (χ2n) is 5.32. The van der Waals surface area contributed by atoms with Crippen molar-refractivity contribution < 1.29 is 4.42 Å². The molecule has 116 valence electrons. The van der Waals surface area contributed by atoms with Gasteiger partial charge in [0.2, 0.25) is 5.89 Å². The van der Waals surface area contributed by atoms with E-state index in [1.807, 2.05) is 67.5 Å². The first-order valence-corrected chi connectivity index (χ1v) is 8.17. The fourth-order valence-corrected chi connectivity index (χ4v) is 2.77. The summed E-state index contributed by atoms with van der Waals surface area (Å²) in [6.45, 7) is 0. The average Bonchev–Trinajstić information content (AvgIpc) is 2.54. The van der Waals surface area contributed by atoms with Gasteiger partial charge < -0.3 is 9.32 Å². The first-order valence-electron chi connectivity index (χ1n) is 7.09. The quantitative estimate of drug-likeness (QED) is 0.603. The van der Waals surface area contributed by atoms with Gasteiger partial charge in [0.1, 0.15) is 0 Å². The van der Waals surface area contributed by atoms with Crippen molar-refractivity contribution in [3.63, 3.8) is 0 Å². The second-order valence-corrected chi connectivity index (χ2v) is 6.56. The molecule has 0 N–H and O–H groups in total. The molecule has 0 saturated heterocycles. The van der Waals surface area contributed by atoms with Crippen LogP contribution >= 0.6 is 22.6 Å². The lowest BCUT2D eigenvalue weighted by atomic mass is 10.1. The first-order chi connectivity index (χ1) is 11.0. The Morgan fingerprint density at radius 3 is 2.39 bits per heavy atom. The highest BCUT2D eigenvalue weighted by Gasteiger charge is 2.09. The monoisotopic (exact) mass is 418 g/mol. The summed E-state index contributed by atoms with van der Waals surface area (Å²) in [6, 6.07) is 17.0. The third kappa shape index (κ3) is 3.61. The van der Waals surface area contributed by atoms with Crippen LogP contribution in [0.2, 0.25) is 0 Å². The Bertz CT molecular complexity index is 886. The SMILES string of the molecule is CN(C)c1ccc(-c2cc(=O)oc(-c3cccc(I)c3)n2)cc1. The van der Waals surface area contributed by atoms with Gasteiger partial charge in [-0.25, -0.2) is 9.78 Å². The van der Waals surface area contributed by atoms with Gasteiger partial charge in [-0.2, -0.15) is 0 Å². The minimum Gasteiger partial charge on any atom is -0.404 e. The predicted molar refractivity (Wildman–Crippen MR) is 101 cm³/mol. The normalized spacial score (nSPS) is 10.6. The van der Waals surface area contributed by atoms with Gasteiger partial charge in [-0.05, 0) is 52.9 Å². The predicted octanol–water partition coefficient (Wildman–Crippen LogP) is 4.04. The van der Waals surface area contributed by atoms with E-state index < -0.39 is 5.63 Å². The molecule has 0 radical (unpaired) electrons. The molecule has 0 unspecified atom stereocenters. The van der Waals surface area contributed by atoms with Crippen LogP contribution in [0.15, 0.2) is 63.8 Å². The molecule has 0 fully saturated rings. The van der Waals surface area contributed by atoms with Crippen LogP contribution in [0.4, 0.5) is 5.69 Å². The van der Waals surface area contributed by atoms with Gasteiger partial charge in [0.15, 0.2) is 0 Å². The van der Waals surface area contributed by atoms with Gasteiger partial charge in [0, 0.05) is 34.5 Å². The maximum absolute atomic E-state index is 11.9. The number of hydrogen-bond donors (Lipinski definition) is 0. The van der Waals surface area contributed by atoms with Crippen molar-refractivity contribution in [1.29, 1.82) is 0 Å². The van der Waals surface area contributed by atoms with Crippen molar-refractivity contribution in [2.75, 3.05) is 19.0 Å². The van der Waals surface area contributed by atoms with Gasteiger partial charge >= 0.3 is 5.63 Å². The third-order valence-electron chi connectivity index (χ3n) is 3.42. The molecule has 1 aromatic heterocycles. The second kappa shape index (κ2) is 6.54. The van der Waals surface area contributed by atoms with E-state index in [4.69, 9.17) is 4.42 Å². The standard InChI is InChI=1S/C18H15IN2O2/c1-21(2)15-8-6-12(7-9-15)16-11-17(22)23-18(20-16)13-4-3-5-14(19)10-13/h3-11H,1-2H3. The summed E-state index contributed by atoms with van der Waals surface area (Å²) >= 11 is 2.22. The molecule has 2 aromatic carbocycles. The van der Waals surface area contributed by atoms with Gasteiger partial charge in [0.05, 0.1) is 11.8 Å². The van der Waals surface area contributed by atoms with Crippen LogP contribution in [-0.2, 0) is 0 Å². The number of aromatic nitrogens is 1. The zero-order valence-corrected chi connectivity index (χ0v) is 14.9. The maximum Gasteiger partial charge on any atom is 0.339 e. The fraction of sp³-hybridized carbons (Fsp3) is 0.111. The van der Waals surface area contributed by atoms with E-state index in [2.05, 4.69) is 27.6 Å². The molecule has 0 amide bonds. The van der Waals surface area contributed by atoms with E-state index in [-0.39, 0.29) is 0 Å². The Hall–Kier alpha value is -2.15. The molecule has 1 heterocycles. The van der Waals surface area contributed by atoms with Crippen molar-refractivity contribution in [3.8, 4) is 22.7 Å². The molecule has 0 aliphatic carbocycles. The molecule has 3 rings (SSSR count). The van der Waals surface area contributed by atoms with Crippen molar-refractivity contribution in [1.82, 2.24) is 4.98 Å². The molecule has 23 heavy (non-hydrogen) atoms. The summed E-state index contributed by atoms with van der Waals surface area (Å²) in [4.78, 5) is 18.4. The van der Waals surface area contributed by atoms with Crippen LogP contribution in [0, 0.1) is 3.57 Å². The lowest BCUT2D eigenvalue weighted by molar-refractivity contribution is 0.508. The van der Waals surface area contributed by atoms with Crippen molar-refractivity contribution in [2.24, 2.45) is 0 Å². The summed E-state index contributed by atoms with van der Waals surface area (Å²) in [5.41, 5.74) is 2.98. The Labute approximate surface area is 147 Å². The van der Waals surface area contributed by atoms with Crippen molar-refractivity contribution in [2.45, 2.75) is 0 Å². The summed E-state index contributed by atoms with van der Waals surface area (Å²) in [5.74, 6) is 0.336. The summed E-state index contributed by atoms with van der Waals surface area (Å²) in [6.07, 6.45) is 0. The molecular weight excluding hydrogens is 403 g/mol. The molecule has 0 bridgehead atoms. The Kier molecular flexibility index (Phi) is 4.47. The largest absolute Gasteiger partial charge is 0.404 e. The van der Waals surface area contributed by atoms with E-state index in [1.165, 1.54) is 6.07 Å². The number of hydrogen-bond acceptors (Lipinski definition) is 4. The number of anilines is 1. The minimum absolute atomic E-state index is 0.336. The van der Waals surface area contributed by atoms with Crippen LogP contribution in [-0.4, -0.2) is 19.1 Å². The molecule has 4 nitrogen and oxygen atoms in total. The van der Waals surface area contributed by atoms with E-state index in [9.17, 15) is 4.79 Å². The highest BCUT2D eigenvalue weighted by Crippen LogP contribution is 2.24. The fourth-order valence-electron chi connectivity index (χ4n) is 2.22. The third-order valence-corrected chi connectivity index (χ3v) is 4.10. The number of rotatable bonds is 3. The maximum atomic E-state index is 11.9. The Morgan fingerprint density at radius 2 is 1.74 bits per heavy atom. The zero-order valence-electron chi connectivity index (χ0n) is 12.8. The van der Waals surface area contributed by atoms with E-state index in [1.54, 1.807) is 0 Å². The number of halogens is 1. The molecule has 0 aliphatic heterocycles. The van der Waals surface area contributed by atoms with Crippen molar-refractivity contribution >= 4 is 28.3 Å².